The van der Waals surface area contributed by atoms with Gasteiger partial charge in [0.25, 0.3) is 0 Å². The van der Waals surface area contributed by atoms with E-state index in [0.29, 0.717) is 13.3 Å². The quantitative estimate of drug-likeness (QED) is 0.826. The predicted octanol–water partition coefficient (Wildman–Crippen LogP) is 0.985. The third kappa shape index (κ3) is 1.83. The molecule has 0 bridgehead atoms. The van der Waals surface area contributed by atoms with Gasteiger partial charge in [0.05, 0.1) is 13.3 Å². The highest BCUT2D eigenvalue weighted by molar-refractivity contribution is 5.85. The van der Waals surface area contributed by atoms with Gasteiger partial charge in [0.15, 0.2) is 6.17 Å². The Morgan fingerprint density at radius 2 is 1.81 bits per heavy atom. The van der Waals surface area contributed by atoms with Crippen LogP contribution in [-0.4, -0.2) is 69.9 Å². The average Bonchev–Trinajstić information content (AvgIpc) is 2.98. The van der Waals surface area contributed by atoms with Gasteiger partial charge < -0.3 is 5.32 Å². The van der Waals surface area contributed by atoms with Crippen LogP contribution in [0.4, 0.5) is 9.59 Å². The van der Waals surface area contributed by atoms with Crippen LogP contribution in [0.5, 0.6) is 0 Å². The molecule has 4 fully saturated rings. The summed E-state index contributed by atoms with van der Waals surface area (Å²) in [5.41, 5.74) is 0. The lowest BCUT2D eigenvalue weighted by molar-refractivity contribution is -0.00760. The molecule has 7 heteroatoms. The molecule has 0 spiro atoms. The molecule has 4 rings (SSSR count). The summed E-state index contributed by atoms with van der Waals surface area (Å²) in [5.74, 6) is 0. The first kappa shape index (κ1) is 13.2. The molecule has 1 N–H and O–H groups in total. The fraction of sp³-hybridized carbons (Fsp3) is 0.857. The molecule has 21 heavy (non-hydrogen) atoms. The first-order chi connectivity index (χ1) is 10.2. The van der Waals surface area contributed by atoms with Crippen LogP contribution in [0.3, 0.4) is 0 Å². The molecule has 1 aliphatic carbocycles. The van der Waals surface area contributed by atoms with Crippen molar-refractivity contribution < 1.29 is 9.59 Å². The maximum atomic E-state index is 12.8. The molecule has 1 saturated carbocycles. The molecule has 0 aromatic heterocycles. The molecule has 0 aromatic rings. The van der Waals surface area contributed by atoms with E-state index in [0.717, 1.165) is 19.4 Å². The number of carbonyl (C=O) groups excluding carboxylic acids is 2. The van der Waals surface area contributed by atoms with Crippen molar-refractivity contribution in [3.63, 3.8) is 0 Å². The molecule has 7 nitrogen and oxygen atoms in total. The minimum absolute atomic E-state index is 0.0403. The Morgan fingerprint density at radius 3 is 2.52 bits per heavy atom. The van der Waals surface area contributed by atoms with Crippen LogP contribution in [0.25, 0.3) is 0 Å². The number of nitrogens with one attached hydrogen (secondary N) is 1. The highest BCUT2D eigenvalue weighted by Gasteiger charge is 2.58. The van der Waals surface area contributed by atoms with E-state index >= 15 is 0 Å². The van der Waals surface area contributed by atoms with Gasteiger partial charge in [0.1, 0.15) is 6.17 Å². The Labute approximate surface area is 124 Å². The summed E-state index contributed by atoms with van der Waals surface area (Å²) in [5, 5.41) is 3.03. The van der Waals surface area contributed by atoms with Gasteiger partial charge in [-0.1, -0.05) is 26.2 Å². The number of hydrogen-bond acceptors (Lipinski definition) is 3. The normalized spacial score (nSPS) is 33.7. The van der Waals surface area contributed by atoms with Crippen molar-refractivity contribution in [1.29, 1.82) is 0 Å². The van der Waals surface area contributed by atoms with E-state index in [2.05, 4.69) is 17.1 Å². The van der Waals surface area contributed by atoms with Gasteiger partial charge in [0, 0.05) is 6.04 Å². The van der Waals surface area contributed by atoms with E-state index in [1.165, 1.54) is 19.3 Å². The SMILES string of the molecule is CCN1CN2C(=O)N[C@H]3[C@@H]2N(C1)C(=O)N3C1CCCCC1. The van der Waals surface area contributed by atoms with Crippen LogP contribution >= 0.6 is 0 Å². The molecule has 4 aliphatic rings. The Hall–Kier alpha value is -1.50. The van der Waals surface area contributed by atoms with Crippen molar-refractivity contribution >= 4 is 12.1 Å². The Balaban J connectivity index is 1.63. The summed E-state index contributed by atoms with van der Waals surface area (Å²) in [6.45, 7) is 4.15. The van der Waals surface area contributed by atoms with Gasteiger partial charge in [-0.15, -0.1) is 0 Å². The second kappa shape index (κ2) is 4.76. The van der Waals surface area contributed by atoms with Gasteiger partial charge in [0.2, 0.25) is 0 Å². The zero-order valence-corrected chi connectivity index (χ0v) is 12.5. The van der Waals surface area contributed by atoms with E-state index in [4.69, 9.17) is 0 Å². The first-order valence-corrected chi connectivity index (χ1v) is 8.09. The molecular weight excluding hydrogens is 270 g/mol. The summed E-state index contributed by atoms with van der Waals surface area (Å²) in [6.07, 6.45) is 5.49. The van der Waals surface area contributed by atoms with Gasteiger partial charge in [-0.05, 0) is 19.4 Å². The minimum Gasteiger partial charge on any atom is -0.314 e. The molecule has 2 atom stereocenters. The molecule has 3 saturated heterocycles. The van der Waals surface area contributed by atoms with E-state index in [1.807, 2.05) is 9.80 Å². The van der Waals surface area contributed by atoms with Crippen LogP contribution in [0, 0.1) is 0 Å². The number of hydrogen-bond donors (Lipinski definition) is 1. The third-order valence-corrected chi connectivity index (χ3v) is 5.34. The van der Waals surface area contributed by atoms with Gasteiger partial charge in [-0.2, -0.15) is 0 Å². The van der Waals surface area contributed by atoms with Gasteiger partial charge in [-0.3, -0.25) is 19.6 Å². The highest BCUT2D eigenvalue weighted by Crippen LogP contribution is 2.36. The fourth-order valence-corrected chi connectivity index (χ4v) is 4.22. The van der Waals surface area contributed by atoms with Crippen molar-refractivity contribution in [3.05, 3.63) is 0 Å². The summed E-state index contributed by atoms with van der Waals surface area (Å²) in [7, 11) is 0. The standard InChI is InChI=1S/C14H23N5O2/c1-2-16-8-17-12-11(15-13(17)20)19(14(21)18(12)9-16)10-6-4-3-5-7-10/h10-12H,2-9H2,1H3,(H,15,20)/t11-,12+/m1/s1. The Bertz CT molecular complexity index is 464. The maximum Gasteiger partial charge on any atom is 0.324 e. The topological polar surface area (TPSA) is 59.1 Å². The van der Waals surface area contributed by atoms with Crippen LogP contribution in [-0.2, 0) is 0 Å². The Kier molecular flexibility index (Phi) is 2.99. The van der Waals surface area contributed by atoms with Crippen molar-refractivity contribution in [3.8, 4) is 0 Å². The third-order valence-electron chi connectivity index (χ3n) is 5.34. The van der Waals surface area contributed by atoms with Crippen molar-refractivity contribution in [2.45, 2.75) is 57.4 Å². The molecular formula is C14H23N5O2. The number of urea groups is 2. The summed E-state index contributed by atoms with van der Waals surface area (Å²) < 4.78 is 0. The second-order valence-electron chi connectivity index (χ2n) is 6.50. The number of amides is 4. The van der Waals surface area contributed by atoms with Crippen LogP contribution in [0.15, 0.2) is 0 Å². The molecule has 4 amide bonds. The Morgan fingerprint density at radius 1 is 1.10 bits per heavy atom. The molecule has 3 aliphatic heterocycles. The summed E-state index contributed by atoms with van der Waals surface area (Å²) in [6, 6.07) is 0.346. The average molecular weight is 293 g/mol. The lowest BCUT2D eigenvalue weighted by Gasteiger charge is -2.41. The largest absolute Gasteiger partial charge is 0.324 e. The second-order valence-corrected chi connectivity index (χ2v) is 6.50. The van der Waals surface area contributed by atoms with E-state index in [1.54, 1.807) is 4.90 Å². The highest BCUT2D eigenvalue weighted by atomic mass is 16.2. The number of carbonyl (C=O) groups is 2. The summed E-state index contributed by atoms with van der Waals surface area (Å²) in [4.78, 5) is 32.8. The molecule has 3 heterocycles. The van der Waals surface area contributed by atoms with Gasteiger partial charge in [-0.25, -0.2) is 9.59 Å². The van der Waals surface area contributed by atoms with E-state index < -0.39 is 0 Å². The van der Waals surface area contributed by atoms with Crippen molar-refractivity contribution in [2.75, 3.05) is 19.9 Å². The van der Waals surface area contributed by atoms with Gasteiger partial charge >= 0.3 is 12.1 Å². The predicted molar refractivity (Wildman–Crippen MR) is 76.0 cm³/mol. The molecule has 0 aromatic carbocycles. The molecule has 0 unspecified atom stereocenters. The van der Waals surface area contributed by atoms with E-state index in [9.17, 15) is 9.59 Å². The lowest BCUT2D eigenvalue weighted by Crippen LogP contribution is -2.59. The summed E-state index contributed by atoms with van der Waals surface area (Å²) >= 11 is 0. The number of nitrogens with zero attached hydrogens (tertiary/aromatic N) is 4. The smallest absolute Gasteiger partial charge is 0.314 e. The zero-order valence-electron chi connectivity index (χ0n) is 12.5. The number of rotatable bonds is 2. The van der Waals surface area contributed by atoms with Crippen molar-refractivity contribution in [2.24, 2.45) is 0 Å². The zero-order chi connectivity index (χ0) is 14.6. The van der Waals surface area contributed by atoms with Crippen LogP contribution in [0.1, 0.15) is 39.0 Å². The first-order valence-electron chi connectivity index (χ1n) is 8.09. The molecule has 0 radical (unpaired) electrons. The monoisotopic (exact) mass is 293 g/mol. The fourth-order valence-electron chi connectivity index (χ4n) is 4.22. The van der Waals surface area contributed by atoms with Crippen LogP contribution < -0.4 is 5.32 Å². The van der Waals surface area contributed by atoms with Crippen LogP contribution in [0.2, 0.25) is 0 Å². The minimum atomic E-state index is -0.160. The maximum absolute atomic E-state index is 12.8. The molecule has 116 valence electrons. The lowest BCUT2D eigenvalue weighted by atomic mass is 9.94. The van der Waals surface area contributed by atoms with E-state index in [-0.39, 0.29) is 30.4 Å². The van der Waals surface area contributed by atoms with Crippen molar-refractivity contribution in [1.82, 2.24) is 24.9 Å².